The molecule has 0 aliphatic rings. The van der Waals surface area contributed by atoms with E-state index in [0.717, 1.165) is 5.69 Å². The summed E-state index contributed by atoms with van der Waals surface area (Å²) in [5, 5.41) is 12.3. The number of aliphatic imine (C=N–C) groups is 1. The fraction of sp³-hybridized carbons (Fsp3) is 0.0667. The fourth-order valence-electron chi connectivity index (χ4n) is 1.54. The Labute approximate surface area is 132 Å². The van der Waals surface area contributed by atoms with Gasteiger partial charge >= 0.3 is 0 Å². The van der Waals surface area contributed by atoms with E-state index in [-0.39, 0.29) is 0 Å². The average Bonchev–Trinajstić information content (AvgIpc) is 2.49. The van der Waals surface area contributed by atoms with E-state index in [4.69, 9.17) is 21.6 Å². The molecule has 4 nitrogen and oxygen atoms in total. The van der Waals surface area contributed by atoms with Crippen molar-refractivity contribution in [3.8, 4) is 17.7 Å². The molecule has 0 aliphatic heterocycles. The van der Waals surface area contributed by atoms with E-state index < -0.39 is 0 Å². The molecule has 6 heteroatoms. The van der Waals surface area contributed by atoms with Crippen LogP contribution in [0.15, 0.2) is 53.5 Å². The van der Waals surface area contributed by atoms with E-state index >= 15 is 0 Å². The lowest BCUT2D eigenvalue weighted by molar-refractivity contribution is 0.483. The van der Waals surface area contributed by atoms with Gasteiger partial charge in [-0.15, -0.1) is 0 Å². The minimum Gasteiger partial charge on any atom is -0.457 e. The smallest absolute Gasteiger partial charge is 0.183 e. The monoisotopic (exact) mass is 317 g/mol. The number of rotatable bonds is 3. The molecule has 0 aromatic heterocycles. The summed E-state index contributed by atoms with van der Waals surface area (Å²) in [5.74, 6) is 1.37. The molecule has 0 aliphatic carbocycles. The normalized spacial score (nSPS) is 10.8. The molecule has 0 bridgehead atoms. The van der Waals surface area contributed by atoms with Crippen LogP contribution in [0.4, 0.5) is 5.69 Å². The summed E-state index contributed by atoms with van der Waals surface area (Å²) < 4.78 is 5.69. The SMILES string of the molecule is CSC(=Nc1ccc(Oc2cccc(Cl)c2)cc1)NC#N. The molecule has 21 heavy (non-hydrogen) atoms. The zero-order chi connectivity index (χ0) is 15.1. The van der Waals surface area contributed by atoms with Gasteiger partial charge in [0.2, 0.25) is 0 Å². The van der Waals surface area contributed by atoms with Crippen LogP contribution in [0.3, 0.4) is 0 Å². The third kappa shape index (κ3) is 4.71. The average molecular weight is 318 g/mol. The third-order valence-electron chi connectivity index (χ3n) is 2.46. The number of nitriles is 1. The first-order valence-corrected chi connectivity index (χ1v) is 7.63. The topological polar surface area (TPSA) is 57.4 Å². The molecule has 1 N–H and O–H groups in total. The third-order valence-corrected chi connectivity index (χ3v) is 3.27. The Bertz CT molecular complexity index is 680. The molecule has 0 atom stereocenters. The lowest BCUT2D eigenvalue weighted by atomic mass is 10.3. The second-order valence-corrected chi connectivity index (χ2v) is 5.14. The molecule has 0 saturated heterocycles. The minimum atomic E-state index is 0.543. The van der Waals surface area contributed by atoms with Crippen molar-refractivity contribution in [2.24, 2.45) is 4.99 Å². The van der Waals surface area contributed by atoms with Crippen molar-refractivity contribution in [2.75, 3.05) is 6.26 Å². The molecule has 2 aromatic rings. The van der Waals surface area contributed by atoms with E-state index in [2.05, 4.69) is 10.3 Å². The Balaban J connectivity index is 2.10. The summed E-state index contributed by atoms with van der Waals surface area (Å²) in [6.45, 7) is 0. The molecule has 2 aromatic carbocycles. The van der Waals surface area contributed by atoms with Crippen LogP contribution in [0, 0.1) is 11.5 Å². The highest BCUT2D eigenvalue weighted by Crippen LogP contribution is 2.26. The zero-order valence-corrected chi connectivity index (χ0v) is 12.8. The van der Waals surface area contributed by atoms with Crippen LogP contribution in [0.1, 0.15) is 0 Å². The number of amidine groups is 1. The van der Waals surface area contributed by atoms with Crippen molar-refractivity contribution in [3.63, 3.8) is 0 Å². The van der Waals surface area contributed by atoms with Crippen LogP contribution in [-0.4, -0.2) is 11.4 Å². The molecule has 0 fully saturated rings. The highest BCUT2D eigenvalue weighted by Gasteiger charge is 2.00. The minimum absolute atomic E-state index is 0.543. The summed E-state index contributed by atoms with van der Waals surface area (Å²) >= 11 is 7.27. The Morgan fingerprint density at radius 3 is 2.62 bits per heavy atom. The second-order valence-electron chi connectivity index (χ2n) is 3.91. The lowest BCUT2D eigenvalue weighted by Crippen LogP contribution is -2.12. The number of nitrogens with one attached hydrogen (secondary N) is 1. The predicted molar refractivity (Wildman–Crippen MR) is 87.3 cm³/mol. The van der Waals surface area contributed by atoms with Crippen LogP contribution >= 0.6 is 23.4 Å². The van der Waals surface area contributed by atoms with Gasteiger partial charge in [0.15, 0.2) is 11.4 Å². The summed E-state index contributed by atoms with van der Waals surface area (Å²) in [6.07, 6.45) is 3.70. The van der Waals surface area contributed by atoms with Gasteiger partial charge in [0.05, 0.1) is 5.69 Å². The summed E-state index contributed by atoms with van der Waals surface area (Å²) in [6, 6.07) is 14.4. The zero-order valence-electron chi connectivity index (χ0n) is 11.2. The van der Waals surface area contributed by atoms with Gasteiger partial charge in [-0.3, -0.25) is 5.32 Å². The predicted octanol–water partition coefficient (Wildman–Crippen LogP) is 4.55. The Kier molecular flexibility index (Phi) is 5.50. The largest absolute Gasteiger partial charge is 0.457 e. The number of hydrogen-bond donors (Lipinski definition) is 1. The summed E-state index contributed by atoms with van der Waals surface area (Å²) in [7, 11) is 0. The van der Waals surface area contributed by atoms with E-state index in [0.29, 0.717) is 21.7 Å². The van der Waals surface area contributed by atoms with Crippen molar-refractivity contribution >= 4 is 34.2 Å². The lowest BCUT2D eigenvalue weighted by Gasteiger charge is -2.06. The fourth-order valence-corrected chi connectivity index (χ4v) is 2.07. The number of nitrogens with zero attached hydrogens (tertiary/aromatic N) is 2. The van der Waals surface area contributed by atoms with Gasteiger partial charge in [-0.2, -0.15) is 5.26 Å². The van der Waals surface area contributed by atoms with Gasteiger partial charge in [-0.05, 0) is 48.7 Å². The first-order chi connectivity index (χ1) is 10.2. The van der Waals surface area contributed by atoms with Gasteiger partial charge in [-0.1, -0.05) is 29.4 Å². The Hall–Kier alpha value is -2.16. The Morgan fingerprint density at radius 2 is 2.00 bits per heavy atom. The van der Waals surface area contributed by atoms with Crippen molar-refractivity contribution in [3.05, 3.63) is 53.6 Å². The molecule has 0 radical (unpaired) electrons. The van der Waals surface area contributed by atoms with Crippen LogP contribution in [0.5, 0.6) is 11.5 Å². The molecule has 2 rings (SSSR count). The van der Waals surface area contributed by atoms with Crippen molar-refractivity contribution < 1.29 is 4.74 Å². The highest BCUT2D eigenvalue weighted by molar-refractivity contribution is 8.13. The van der Waals surface area contributed by atoms with Gasteiger partial charge in [0.1, 0.15) is 11.5 Å². The standard InChI is InChI=1S/C15H12ClN3OS/c1-21-15(18-10-17)19-12-5-7-13(8-6-12)20-14-4-2-3-11(16)9-14/h2-9H,1H3,(H,18,19). The Morgan fingerprint density at radius 1 is 1.24 bits per heavy atom. The van der Waals surface area contributed by atoms with E-state index in [1.54, 1.807) is 12.1 Å². The maximum atomic E-state index is 8.59. The molecule has 0 spiro atoms. The molecule has 0 saturated carbocycles. The van der Waals surface area contributed by atoms with Gasteiger partial charge in [0.25, 0.3) is 0 Å². The first-order valence-electron chi connectivity index (χ1n) is 6.02. The second kappa shape index (κ2) is 7.58. The van der Waals surface area contributed by atoms with E-state index in [9.17, 15) is 0 Å². The number of hydrogen-bond acceptors (Lipinski definition) is 4. The quantitative estimate of drug-likeness (QED) is 0.390. The molecular formula is C15H12ClN3OS. The molecule has 0 amide bonds. The van der Waals surface area contributed by atoms with Crippen LogP contribution < -0.4 is 10.1 Å². The first kappa shape index (κ1) is 15.2. The summed E-state index contributed by atoms with van der Waals surface area (Å²) in [5.41, 5.74) is 0.737. The van der Waals surface area contributed by atoms with Crippen LogP contribution in [-0.2, 0) is 0 Å². The van der Waals surface area contributed by atoms with Crippen molar-refractivity contribution in [1.29, 1.82) is 5.26 Å². The molecule has 0 heterocycles. The van der Waals surface area contributed by atoms with E-state index in [1.807, 2.05) is 48.8 Å². The summed E-state index contributed by atoms with van der Waals surface area (Å²) in [4.78, 5) is 4.30. The van der Waals surface area contributed by atoms with Gasteiger partial charge in [-0.25, -0.2) is 4.99 Å². The number of halogens is 1. The number of ether oxygens (including phenoxy) is 1. The van der Waals surface area contributed by atoms with Crippen LogP contribution in [0.2, 0.25) is 5.02 Å². The number of thioether (sulfide) groups is 1. The van der Waals surface area contributed by atoms with Gasteiger partial charge in [0, 0.05) is 5.02 Å². The molecule has 0 unspecified atom stereocenters. The van der Waals surface area contributed by atoms with Gasteiger partial charge < -0.3 is 4.74 Å². The maximum Gasteiger partial charge on any atom is 0.183 e. The highest BCUT2D eigenvalue weighted by atomic mass is 35.5. The maximum absolute atomic E-state index is 8.59. The molecule has 106 valence electrons. The van der Waals surface area contributed by atoms with Crippen LogP contribution in [0.25, 0.3) is 0 Å². The van der Waals surface area contributed by atoms with E-state index in [1.165, 1.54) is 11.8 Å². The number of benzene rings is 2. The van der Waals surface area contributed by atoms with Crippen molar-refractivity contribution in [1.82, 2.24) is 5.32 Å². The molecular weight excluding hydrogens is 306 g/mol. The van der Waals surface area contributed by atoms with Crippen molar-refractivity contribution in [2.45, 2.75) is 0 Å².